The van der Waals surface area contributed by atoms with Crippen molar-refractivity contribution in [2.45, 2.75) is 6.29 Å². The third kappa shape index (κ3) is 1.14. The van der Waals surface area contributed by atoms with Crippen LogP contribution in [0.3, 0.4) is 0 Å². The molecule has 0 bridgehead atoms. The lowest BCUT2D eigenvalue weighted by atomic mass is 10.5. The Morgan fingerprint density at radius 2 is 1.82 bits per heavy atom. The van der Waals surface area contributed by atoms with Crippen molar-refractivity contribution in [2.24, 2.45) is 0 Å². The SMILES string of the molecule is C1=COC(C2OC=CO2)=CO1. The van der Waals surface area contributed by atoms with E-state index < -0.39 is 6.29 Å². The van der Waals surface area contributed by atoms with Gasteiger partial charge in [0, 0.05) is 0 Å². The molecule has 4 heteroatoms. The van der Waals surface area contributed by atoms with Crippen LogP contribution in [0.4, 0.5) is 0 Å². The van der Waals surface area contributed by atoms with Crippen LogP contribution in [0.5, 0.6) is 0 Å². The van der Waals surface area contributed by atoms with Crippen LogP contribution in [0, 0.1) is 0 Å². The molecule has 0 saturated carbocycles. The molecule has 0 N–H and O–H groups in total. The smallest absolute Gasteiger partial charge is 0.302 e. The largest absolute Gasteiger partial charge is 0.466 e. The molecule has 11 heavy (non-hydrogen) atoms. The van der Waals surface area contributed by atoms with Crippen LogP contribution in [-0.4, -0.2) is 6.29 Å². The van der Waals surface area contributed by atoms with E-state index in [1.807, 2.05) is 0 Å². The van der Waals surface area contributed by atoms with Crippen LogP contribution in [0.1, 0.15) is 0 Å². The standard InChI is InChI=1S/C7H6O4/c1-2-9-6(5-8-1)7-10-3-4-11-7/h1-5,7H. The molecule has 2 rings (SSSR count). The van der Waals surface area contributed by atoms with Gasteiger partial charge in [0.05, 0.1) is 0 Å². The van der Waals surface area contributed by atoms with Crippen molar-refractivity contribution in [3.05, 3.63) is 37.1 Å². The van der Waals surface area contributed by atoms with E-state index in [0.29, 0.717) is 5.76 Å². The average Bonchev–Trinajstić information content (AvgIpc) is 2.58. The zero-order valence-electron chi connectivity index (χ0n) is 5.60. The number of ether oxygens (including phenoxy) is 4. The predicted molar refractivity (Wildman–Crippen MR) is 34.5 cm³/mol. The van der Waals surface area contributed by atoms with Gasteiger partial charge in [-0.05, 0) is 0 Å². The monoisotopic (exact) mass is 154 g/mol. The highest BCUT2D eigenvalue weighted by Crippen LogP contribution is 2.18. The highest BCUT2D eigenvalue weighted by Gasteiger charge is 2.21. The van der Waals surface area contributed by atoms with E-state index in [0.717, 1.165) is 0 Å². The van der Waals surface area contributed by atoms with Gasteiger partial charge in [-0.2, -0.15) is 0 Å². The van der Waals surface area contributed by atoms with E-state index in [1.54, 1.807) is 0 Å². The Morgan fingerprint density at radius 1 is 1.00 bits per heavy atom. The molecule has 0 unspecified atom stereocenters. The van der Waals surface area contributed by atoms with Crippen LogP contribution < -0.4 is 0 Å². The van der Waals surface area contributed by atoms with E-state index in [9.17, 15) is 0 Å². The summed E-state index contributed by atoms with van der Waals surface area (Å²) in [4.78, 5) is 0. The van der Waals surface area contributed by atoms with Gasteiger partial charge in [-0.15, -0.1) is 0 Å². The highest BCUT2D eigenvalue weighted by atomic mass is 16.7. The van der Waals surface area contributed by atoms with Crippen molar-refractivity contribution in [2.75, 3.05) is 0 Å². The summed E-state index contributed by atoms with van der Waals surface area (Å²) >= 11 is 0. The van der Waals surface area contributed by atoms with Crippen molar-refractivity contribution in [1.82, 2.24) is 0 Å². The van der Waals surface area contributed by atoms with Crippen molar-refractivity contribution in [3.63, 3.8) is 0 Å². The second-order valence-corrected chi connectivity index (χ2v) is 1.92. The van der Waals surface area contributed by atoms with Gasteiger partial charge in [0.15, 0.2) is 0 Å². The number of rotatable bonds is 1. The van der Waals surface area contributed by atoms with Crippen molar-refractivity contribution in [3.8, 4) is 0 Å². The first kappa shape index (κ1) is 6.15. The average molecular weight is 154 g/mol. The predicted octanol–water partition coefficient (Wildman–Crippen LogP) is 1.19. The van der Waals surface area contributed by atoms with Gasteiger partial charge < -0.3 is 18.9 Å². The lowest BCUT2D eigenvalue weighted by Gasteiger charge is -2.14. The third-order valence-corrected chi connectivity index (χ3v) is 1.21. The van der Waals surface area contributed by atoms with Crippen LogP contribution in [0.2, 0.25) is 0 Å². The van der Waals surface area contributed by atoms with Crippen LogP contribution >= 0.6 is 0 Å². The Morgan fingerprint density at radius 3 is 2.45 bits per heavy atom. The van der Waals surface area contributed by atoms with E-state index in [4.69, 9.17) is 18.9 Å². The fraction of sp³-hybridized carbons (Fsp3) is 0.143. The second-order valence-electron chi connectivity index (χ2n) is 1.92. The van der Waals surface area contributed by atoms with Gasteiger partial charge >= 0.3 is 6.29 Å². The Hall–Kier alpha value is -1.58. The lowest BCUT2D eigenvalue weighted by Crippen LogP contribution is -2.13. The zero-order valence-corrected chi connectivity index (χ0v) is 5.60. The maximum absolute atomic E-state index is 5.03. The third-order valence-electron chi connectivity index (χ3n) is 1.21. The molecular formula is C7H6O4. The van der Waals surface area contributed by atoms with Crippen LogP contribution in [0.25, 0.3) is 0 Å². The van der Waals surface area contributed by atoms with Gasteiger partial charge in [0.2, 0.25) is 5.76 Å². The van der Waals surface area contributed by atoms with E-state index in [-0.39, 0.29) is 0 Å². The fourth-order valence-electron chi connectivity index (χ4n) is 0.757. The molecule has 0 fully saturated rings. The van der Waals surface area contributed by atoms with Crippen molar-refractivity contribution < 1.29 is 18.9 Å². The molecule has 2 aliphatic rings. The molecule has 2 heterocycles. The minimum atomic E-state index is -0.500. The van der Waals surface area contributed by atoms with Gasteiger partial charge in [0.25, 0.3) is 0 Å². The molecule has 0 aromatic carbocycles. The summed E-state index contributed by atoms with van der Waals surface area (Å²) in [6.07, 6.45) is 6.67. The van der Waals surface area contributed by atoms with Crippen LogP contribution in [-0.2, 0) is 18.9 Å². The Labute approximate surface area is 63.3 Å². The maximum Gasteiger partial charge on any atom is 0.302 e. The van der Waals surface area contributed by atoms with Crippen molar-refractivity contribution in [1.29, 1.82) is 0 Å². The molecule has 58 valence electrons. The minimum absolute atomic E-state index is 0.498. The zero-order chi connectivity index (χ0) is 7.52. The Kier molecular flexibility index (Phi) is 1.44. The van der Waals surface area contributed by atoms with Gasteiger partial charge in [-0.3, -0.25) is 0 Å². The van der Waals surface area contributed by atoms with Gasteiger partial charge in [-0.1, -0.05) is 0 Å². The first-order valence-corrected chi connectivity index (χ1v) is 3.10. The van der Waals surface area contributed by atoms with E-state index >= 15 is 0 Å². The molecular weight excluding hydrogens is 148 g/mol. The first-order valence-electron chi connectivity index (χ1n) is 3.10. The fourth-order valence-corrected chi connectivity index (χ4v) is 0.757. The molecule has 0 amide bonds. The highest BCUT2D eigenvalue weighted by molar-refractivity contribution is 5.01. The first-order chi connectivity index (χ1) is 5.47. The summed E-state index contributed by atoms with van der Waals surface area (Å²) < 4.78 is 19.8. The molecule has 2 aliphatic heterocycles. The molecule has 0 aliphatic carbocycles. The van der Waals surface area contributed by atoms with E-state index in [1.165, 1.54) is 31.3 Å². The Bertz CT molecular complexity index is 221. The summed E-state index contributed by atoms with van der Waals surface area (Å²) in [5.41, 5.74) is 0. The van der Waals surface area contributed by atoms with Gasteiger partial charge in [-0.25, -0.2) is 0 Å². The molecule has 0 radical (unpaired) electrons. The van der Waals surface area contributed by atoms with Gasteiger partial charge in [0.1, 0.15) is 31.3 Å². The van der Waals surface area contributed by atoms with Crippen LogP contribution in [0.15, 0.2) is 37.1 Å². The topological polar surface area (TPSA) is 36.9 Å². The molecule has 4 nitrogen and oxygen atoms in total. The number of hydrogen-bond donors (Lipinski definition) is 0. The normalized spacial score (nSPS) is 21.3. The second kappa shape index (κ2) is 2.57. The molecule has 0 aromatic heterocycles. The Balaban J connectivity index is 1.99. The summed E-state index contributed by atoms with van der Waals surface area (Å²) in [6, 6.07) is 0. The molecule has 0 spiro atoms. The molecule has 0 aromatic rings. The summed E-state index contributed by atoms with van der Waals surface area (Å²) in [5.74, 6) is 0.498. The minimum Gasteiger partial charge on any atom is -0.466 e. The number of hydrogen-bond acceptors (Lipinski definition) is 4. The summed E-state index contributed by atoms with van der Waals surface area (Å²) in [7, 11) is 0. The lowest BCUT2D eigenvalue weighted by molar-refractivity contribution is -0.0294. The summed E-state index contributed by atoms with van der Waals surface area (Å²) in [5, 5.41) is 0. The molecule has 0 atom stereocenters. The quantitative estimate of drug-likeness (QED) is 0.568. The van der Waals surface area contributed by atoms with Crippen molar-refractivity contribution >= 4 is 0 Å². The van der Waals surface area contributed by atoms with E-state index in [2.05, 4.69) is 0 Å². The summed E-state index contributed by atoms with van der Waals surface area (Å²) in [6.45, 7) is 0. The molecule has 0 saturated heterocycles. The maximum atomic E-state index is 5.03.